The summed E-state index contributed by atoms with van der Waals surface area (Å²) in [6.07, 6.45) is 1.80. The predicted octanol–water partition coefficient (Wildman–Crippen LogP) is 3.94. The molecule has 0 fully saturated rings. The highest BCUT2D eigenvalue weighted by molar-refractivity contribution is 5.81. The van der Waals surface area contributed by atoms with E-state index in [1.165, 1.54) is 0 Å². The number of rotatable bonds is 3. The van der Waals surface area contributed by atoms with Gasteiger partial charge in [0.25, 0.3) is 0 Å². The van der Waals surface area contributed by atoms with E-state index in [1.54, 1.807) is 6.26 Å². The third-order valence-electron chi connectivity index (χ3n) is 3.32. The fourth-order valence-corrected chi connectivity index (χ4v) is 2.29. The van der Waals surface area contributed by atoms with Crippen molar-refractivity contribution in [2.75, 3.05) is 11.1 Å². The molecule has 3 nitrogen and oxygen atoms in total. The average molecular weight is 252 g/mol. The summed E-state index contributed by atoms with van der Waals surface area (Å²) in [7, 11) is 0. The van der Waals surface area contributed by atoms with Crippen LogP contribution in [-0.4, -0.2) is 0 Å². The molecule has 3 aromatic rings. The van der Waals surface area contributed by atoms with Crippen LogP contribution in [0, 0.1) is 6.92 Å². The lowest BCUT2D eigenvalue weighted by Crippen LogP contribution is -2.03. The van der Waals surface area contributed by atoms with Crippen LogP contribution in [0.5, 0.6) is 0 Å². The maximum absolute atomic E-state index is 5.99. The number of anilines is 2. The molecule has 1 aromatic heterocycles. The third-order valence-corrected chi connectivity index (χ3v) is 3.32. The number of furan rings is 1. The van der Waals surface area contributed by atoms with Gasteiger partial charge < -0.3 is 15.5 Å². The molecule has 0 unspecified atom stereocenters. The van der Waals surface area contributed by atoms with E-state index in [9.17, 15) is 0 Å². The Balaban J connectivity index is 1.87. The van der Waals surface area contributed by atoms with Gasteiger partial charge in [-0.15, -0.1) is 0 Å². The summed E-state index contributed by atoms with van der Waals surface area (Å²) in [6, 6.07) is 13.9. The Labute approximate surface area is 112 Å². The van der Waals surface area contributed by atoms with Gasteiger partial charge in [0.05, 0.1) is 17.6 Å². The van der Waals surface area contributed by atoms with Crippen LogP contribution < -0.4 is 11.1 Å². The lowest BCUT2D eigenvalue weighted by molar-refractivity contribution is 0.611. The first-order valence-corrected chi connectivity index (χ1v) is 6.30. The highest BCUT2D eigenvalue weighted by atomic mass is 16.3. The molecule has 1 heterocycles. The molecule has 3 N–H and O–H groups in total. The molecule has 0 radical (unpaired) electrons. The molecular formula is C16H16N2O. The zero-order chi connectivity index (χ0) is 13.2. The van der Waals surface area contributed by atoms with Crippen molar-refractivity contribution >= 4 is 22.3 Å². The summed E-state index contributed by atoms with van der Waals surface area (Å²) in [5, 5.41) is 4.53. The van der Waals surface area contributed by atoms with E-state index in [0.717, 1.165) is 33.5 Å². The Morgan fingerprint density at radius 2 is 1.95 bits per heavy atom. The number of hydrogen-bond acceptors (Lipinski definition) is 3. The molecule has 0 saturated carbocycles. The van der Waals surface area contributed by atoms with E-state index in [4.69, 9.17) is 10.2 Å². The third kappa shape index (κ3) is 2.15. The van der Waals surface area contributed by atoms with Gasteiger partial charge in [-0.1, -0.05) is 30.3 Å². The molecule has 0 aliphatic rings. The van der Waals surface area contributed by atoms with E-state index < -0.39 is 0 Å². The van der Waals surface area contributed by atoms with E-state index in [0.29, 0.717) is 6.54 Å². The second-order valence-corrected chi connectivity index (χ2v) is 4.65. The monoisotopic (exact) mass is 252 g/mol. The van der Waals surface area contributed by atoms with Crippen molar-refractivity contribution in [3.8, 4) is 0 Å². The fraction of sp³-hybridized carbons (Fsp3) is 0.125. The number of aryl methyl sites for hydroxylation is 1. The minimum absolute atomic E-state index is 0.700. The molecular weight excluding hydrogens is 236 g/mol. The van der Waals surface area contributed by atoms with Gasteiger partial charge in [-0.25, -0.2) is 0 Å². The maximum Gasteiger partial charge on any atom is 0.134 e. The standard InChI is InChI=1S/C16H16N2O/c1-11-5-4-7-14(17)16(11)18-9-12-10-19-15-8-3-2-6-13(12)15/h2-8,10,18H,9,17H2,1H3. The van der Waals surface area contributed by atoms with Gasteiger partial charge in [-0.2, -0.15) is 0 Å². The highest BCUT2D eigenvalue weighted by Gasteiger charge is 2.06. The summed E-state index contributed by atoms with van der Waals surface area (Å²) in [5.74, 6) is 0. The molecule has 3 rings (SSSR count). The average Bonchev–Trinajstić information content (AvgIpc) is 2.82. The molecule has 19 heavy (non-hydrogen) atoms. The zero-order valence-corrected chi connectivity index (χ0v) is 10.8. The lowest BCUT2D eigenvalue weighted by Gasteiger charge is -2.11. The molecule has 3 heteroatoms. The summed E-state index contributed by atoms with van der Waals surface area (Å²) in [6.45, 7) is 2.75. The van der Waals surface area contributed by atoms with Crippen LogP contribution in [0.4, 0.5) is 11.4 Å². The van der Waals surface area contributed by atoms with Crippen LogP contribution in [0.15, 0.2) is 53.1 Å². The SMILES string of the molecule is Cc1cccc(N)c1NCc1coc2ccccc12. The number of hydrogen-bond donors (Lipinski definition) is 2. The minimum Gasteiger partial charge on any atom is -0.464 e. The number of nitrogen functional groups attached to an aromatic ring is 1. The van der Waals surface area contributed by atoms with E-state index in [2.05, 4.69) is 11.4 Å². The Morgan fingerprint density at radius 1 is 1.11 bits per heavy atom. The van der Waals surface area contributed by atoms with Crippen LogP contribution >= 0.6 is 0 Å². The summed E-state index contributed by atoms with van der Waals surface area (Å²) >= 11 is 0. The van der Waals surface area contributed by atoms with Crippen LogP contribution in [0.25, 0.3) is 11.0 Å². The molecule has 0 spiro atoms. The number of fused-ring (bicyclic) bond motifs is 1. The maximum atomic E-state index is 5.99. The van der Waals surface area contributed by atoms with E-state index >= 15 is 0 Å². The quantitative estimate of drug-likeness (QED) is 0.694. The molecule has 96 valence electrons. The molecule has 2 aromatic carbocycles. The smallest absolute Gasteiger partial charge is 0.134 e. The van der Waals surface area contributed by atoms with Gasteiger partial charge >= 0.3 is 0 Å². The van der Waals surface area contributed by atoms with Gasteiger partial charge in [-0.3, -0.25) is 0 Å². The van der Waals surface area contributed by atoms with Crippen LogP contribution in [-0.2, 0) is 6.54 Å². The first-order valence-electron chi connectivity index (χ1n) is 6.30. The Morgan fingerprint density at radius 3 is 2.79 bits per heavy atom. The van der Waals surface area contributed by atoms with Crippen molar-refractivity contribution in [3.63, 3.8) is 0 Å². The van der Waals surface area contributed by atoms with Gasteiger partial charge in [0, 0.05) is 17.5 Å². The van der Waals surface area contributed by atoms with Crippen molar-refractivity contribution in [1.82, 2.24) is 0 Å². The van der Waals surface area contributed by atoms with Gasteiger partial charge in [0.2, 0.25) is 0 Å². The molecule has 0 aliphatic carbocycles. The van der Waals surface area contributed by atoms with Crippen molar-refractivity contribution in [2.45, 2.75) is 13.5 Å². The second-order valence-electron chi connectivity index (χ2n) is 4.65. The second kappa shape index (κ2) is 4.69. The van der Waals surface area contributed by atoms with Crippen molar-refractivity contribution < 1.29 is 4.42 Å². The largest absolute Gasteiger partial charge is 0.464 e. The van der Waals surface area contributed by atoms with Crippen molar-refractivity contribution in [2.24, 2.45) is 0 Å². The van der Waals surface area contributed by atoms with Crippen molar-refractivity contribution in [3.05, 3.63) is 59.9 Å². The Kier molecular flexibility index (Phi) is 2.88. The van der Waals surface area contributed by atoms with Gasteiger partial charge in [0.15, 0.2) is 0 Å². The normalized spacial score (nSPS) is 10.8. The van der Waals surface area contributed by atoms with E-state index in [-0.39, 0.29) is 0 Å². The zero-order valence-electron chi connectivity index (χ0n) is 10.8. The first kappa shape index (κ1) is 11.7. The molecule has 0 saturated heterocycles. The number of nitrogens with two attached hydrogens (primary N) is 1. The van der Waals surface area contributed by atoms with Gasteiger partial charge in [0.1, 0.15) is 5.58 Å². The number of nitrogens with one attached hydrogen (secondary N) is 1. The molecule has 0 amide bonds. The molecule has 0 atom stereocenters. The predicted molar refractivity (Wildman–Crippen MR) is 79.1 cm³/mol. The Bertz CT molecular complexity index is 695. The minimum atomic E-state index is 0.700. The number of benzene rings is 2. The van der Waals surface area contributed by atoms with Crippen LogP contribution in [0.1, 0.15) is 11.1 Å². The summed E-state index contributed by atoms with van der Waals surface area (Å²) < 4.78 is 5.53. The first-order chi connectivity index (χ1) is 9.25. The summed E-state index contributed by atoms with van der Waals surface area (Å²) in [4.78, 5) is 0. The molecule has 0 aliphatic heterocycles. The topological polar surface area (TPSA) is 51.2 Å². The fourth-order valence-electron chi connectivity index (χ4n) is 2.29. The van der Waals surface area contributed by atoms with Crippen LogP contribution in [0.3, 0.4) is 0 Å². The van der Waals surface area contributed by atoms with Crippen LogP contribution in [0.2, 0.25) is 0 Å². The number of para-hydroxylation sites is 2. The van der Waals surface area contributed by atoms with E-state index in [1.807, 2.05) is 43.3 Å². The van der Waals surface area contributed by atoms with Crippen molar-refractivity contribution in [1.29, 1.82) is 0 Å². The molecule has 0 bridgehead atoms. The summed E-state index contributed by atoms with van der Waals surface area (Å²) in [5.41, 5.74) is 10.9. The lowest BCUT2D eigenvalue weighted by atomic mass is 10.1. The van der Waals surface area contributed by atoms with Gasteiger partial charge in [-0.05, 0) is 24.6 Å². The Hall–Kier alpha value is -2.42. The highest BCUT2D eigenvalue weighted by Crippen LogP contribution is 2.25.